The summed E-state index contributed by atoms with van der Waals surface area (Å²) in [6.45, 7) is 21.3. The monoisotopic (exact) mass is 426 g/mol. The van der Waals surface area contributed by atoms with E-state index in [1.807, 2.05) is 12.1 Å². The number of benzene rings is 1. The second-order valence-electron chi connectivity index (χ2n) is 10.0. The number of hydrogen-bond donors (Lipinski definition) is 0. The van der Waals surface area contributed by atoms with Gasteiger partial charge < -0.3 is 4.74 Å². The number of ether oxygens (including phenoxy) is 1. The quantitative estimate of drug-likeness (QED) is 0.301. The zero-order valence-electron chi connectivity index (χ0n) is 20.4. The number of hydrogen-bond acceptors (Lipinski definition) is 1. The molecule has 0 aromatic heterocycles. The van der Waals surface area contributed by atoms with Gasteiger partial charge >= 0.3 is 0 Å². The Bertz CT molecular complexity index is 729. The molecule has 0 N–H and O–H groups in total. The lowest BCUT2D eigenvalue weighted by Gasteiger charge is -2.38. The van der Waals surface area contributed by atoms with Gasteiger partial charge in [-0.1, -0.05) is 91.0 Å². The molecular weight excluding hydrogens is 384 g/mol. The smallest absolute Gasteiger partial charge is 0.146 e. The molecule has 1 aromatic carbocycles. The van der Waals surface area contributed by atoms with Gasteiger partial charge in [-0.15, -0.1) is 5.54 Å². The van der Waals surface area contributed by atoms with E-state index < -0.39 is 16.1 Å². The number of allylic oxidation sites excluding steroid dienone is 3. The first-order valence-electron chi connectivity index (χ1n) is 11.0. The van der Waals surface area contributed by atoms with Crippen LogP contribution in [0.4, 0.5) is 0 Å². The minimum Gasteiger partial charge on any atom is -0.497 e. The molecule has 0 aliphatic heterocycles. The van der Waals surface area contributed by atoms with E-state index in [0.717, 1.165) is 12.2 Å². The molecule has 0 saturated heterocycles. The Morgan fingerprint density at radius 1 is 0.931 bits per heavy atom. The van der Waals surface area contributed by atoms with Crippen LogP contribution in [0.1, 0.15) is 53.5 Å². The predicted octanol–water partition coefficient (Wildman–Crippen LogP) is 8.12. The van der Waals surface area contributed by atoms with Crippen molar-refractivity contribution in [2.75, 3.05) is 7.11 Å². The van der Waals surface area contributed by atoms with E-state index in [4.69, 9.17) is 4.74 Å². The molecule has 0 saturated carbocycles. The van der Waals surface area contributed by atoms with E-state index in [1.165, 1.54) is 11.1 Å². The zero-order valence-corrected chi connectivity index (χ0v) is 22.4. The fourth-order valence-electron chi connectivity index (χ4n) is 4.29. The highest BCUT2D eigenvalue weighted by Gasteiger charge is 2.41. The number of methoxy groups -OCH3 is 1. The highest BCUT2D eigenvalue weighted by molar-refractivity contribution is 6.90. The fourth-order valence-corrected chi connectivity index (χ4v) is 10.3. The van der Waals surface area contributed by atoms with Crippen LogP contribution in [0.2, 0.25) is 36.3 Å². The Balaban J connectivity index is 3.36. The molecule has 0 aliphatic rings. The van der Waals surface area contributed by atoms with Crippen LogP contribution in [0.3, 0.4) is 0 Å². The maximum absolute atomic E-state index is 5.33. The molecule has 1 aromatic rings. The third-order valence-corrected chi connectivity index (χ3v) is 13.4. The average molecular weight is 427 g/mol. The van der Waals surface area contributed by atoms with Crippen molar-refractivity contribution in [3.05, 3.63) is 47.7 Å². The van der Waals surface area contributed by atoms with Gasteiger partial charge in [-0.2, -0.15) is 0 Å². The van der Waals surface area contributed by atoms with E-state index in [0.29, 0.717) is 16.6 Å². The summed E-state index contributed by atoms with van der Waals surface area (Å²) in [7, 11) is -1.20. The van der Waals surface area contributed by atoms with Gasteiger partial charge in [-0.05, 0) is 52.4 Å². The summed E-state index contributed by atoms with van der Waals surface area (Å²) in [4.78, 5) is 0. The molecule has 0 heterocycles. The Morgan fingerprint density at radius 2 is 1.45 bits per heavy atom. The summed E-state index contributed by atoms with van der Waals surface area (Å²) in [5, 5.41) is 0. The van der Waals surface area contributed by atoms with Crippen molar-refractivity contribution in [1.29, 1.82) is 0 Å². The molecule has 160 valence electrons. The van der Waals surface area contributed by atoms with Gasteiger partial charge in [-0.25, -0.2) is 0 Å². The molecule has 1 nitrogen and oxygen atoms in total. The summed E-state index contributed by atoms with van der Waals surface area (Å²) in [5.41, 5.74) is 10.7. The first kappa shape index (κ1) is 25.5. The molecule has 0 bridgehead atoms. The molecule has 1 rings (SSSR count). The molecule has 0 amide bonds. The van der Waals surface area contributed by atoms with Crippen LogP contribution in [0.5, 0.6) is 5.75 Å². The topological polar surface area (TPSA) is 9.23 Å². The first-order chi connectivity index (χ1) is 13.4. The lowest BCUT2D eigenvalue weighted by molar-refractivity contribution is 0.415. The van der Waals surface area contributed by atoms with Gasteiger partial charge in [0.15, 0.2) is 0 Å². The Morgan fingerprint density at radius 3 is 1.86 bits per heavy atom. The SMILES string of the molecule is COc1ccc(/C(=C\C#C[Si](C(C)C)(C(C)C)C(C)C)C/C=C/[Si](C)(C)C)cc1. The van der Waals surface area contributed by atoms with Crippen LogP contribution < -0.4 is 4.74 Å². The van der Waals surface area contributed by atoms with Crippen molar-refractivity contribution in [2.45, 2.75) is 84.2 Å². The largest absolute Gasteiger partial charge is 0.497 e. The minimum absolute atomic E-state index is 0.652. The second kappa shape index (κ2) is 11.0. The van der Waals surface area contributed by atoms with Gasteiger partial charge in [0.05, 0.1) is 15.2 Å². The number of rotatable bonds is 8. The second-order valence-corrected chi connectivity index (χ2v) is 20.7. The molecule has 0 unspecified atom stereocenters. The van der Waals surface area contributed by atoms with Gasteiger partial charge in [0.2, 0.25) is 0 Å². The summed E-state index contributed by atoms with van der Waals surface area (Å²) in [5.74, 6) is 4.43. The Kier molecular flexibility index (Phi) is 9.72. The van der Waals surface area contributed by atoms with Crippen LogP contribution >= 0.6 is 0 Å². The van der Waals surface area contributed by atoms with Crippen molar-refractivity contribution in [1.82, 2.24) is 0 Å². The average Bonchev–Trinajstić information content (AvgIpc) is 2.62. The van der Waals surface area contributed by atoms with Crippen LogP contribution in [0.25, 0.3) is 5.57 Å². The molecule has 0 atom stereocenters. The summed E-state index contributed by atoms with van der Waals surface area (Å²) < 4.78 is 5.33. The molecule has 0 fully saturated rings. The van der Waals surface area contributed by atoms with Gasteiger partial charge in [0.1, 0.15) is 13.8 Å². The van der Waals surface area contributed by atoms with Gasteiger partial charge in [-0.3, -0.25) is 0 Å². The summed E-state index contributed by atoms with van der Waals surface area (Å²) in [6.07, 6.45) is 5.43. The molecule has 0 radical (unpaired) electrons. The third kappa shape index (κ3) is 7.35. The normalized spacial score (nSPS) is 13.3. The van der Waals surface area contributed by atoms with E-state index in [9.17, 15) is 0 Å². The zero-order chi connectivity index (χ0) is 22.2. The lowest BCUT2D eigenvalue weighted by Crippen LogP contribution is -2.43. The lowest BCUT2D eigenvalue weighted by atomic mass is 10.0. The van der Waals surface area contributed by atoms with Crippen LogP contribution in [-0.4, -0.2) is 23.3 Å². The van der Waals surface area contributed by atoms with E-state index in [-0.39, 0.29) is 0 Å². The van der Waals surface area contributed by atoms with E-state index in [2.05, 4.69) is 103 Å². The van der Waals surface area contributed by atoms with Crippen LogP contribution in [0.15, 0.2) is 42.1 Å². The van der Waals surface area contributed by atoms with E-state index >= 15 is 0 Å². The van der Waals surface area contributed by atoms with Crippen molar-refractivity contribution in [2.24, 2.45) is 0 Å². The minimum atomic E-state index is -1.71. The molecule has 3 heteroatoms. The molecular formula is C26H42OSi2. The van der Waals surface area contributed by atoms with Crippen molar-refractivity contribution < 1.29 is 4.74 Å². The highest BCUT2D eigenvalue weighted by Crippen LogP contribution is 2.40. The molecule has 29 heavy (non-hydrogen) atoms. The van der Waals surface area contributed by atoms with Crippen LogP contribution in [0, 0.1) is 11.5 Å². The maximum atomic E-state index is 5.33. The highest BCUT2D eigenvalue weighted by atomic mass is 28.3. The standard InChI is InChI=1S/C26H42OSi2/c1-21(2)29(22(3)4,23(5)6)20-12-14-24(13-11-19-28(8,9)10)25-15-17-26(27-7)18-16-25/h11,14-19,21-23H,13H2,1-10H3/b19-11+,24-14-. The van der Waals surface area contributed by atoms with Crippen molar-refractivity contribution in [3.8, 4) is 17.2 Å². The van der Waals surface area contributed by atoms with Gasteiger partial charge in [0, 0.05) is 0 Å². The van der Waals surface area contributed by atoms with Crippen molar-refractivity contribution in [3.63, 3.8) is 0 Å². The summed E-state index contributed by atoms with van der Waals surface area (Å²) in [6, 6.07) is 8.36. The predicted molar refractivity (Wildman–Crippen MR) is 137 cm³/mol. The molecule has 0 spiro atoms. The van der Waals surface area contributed by atoms with Crippen LogP contribution in [-0.2, 0) is 0 Å². The Labute approximate surface area is 182 Å². The van der Waals surface area contributed by atoms with Crippen molar-refractivity contribution >= 4 is 21.7 Å². The maximum Gasteiger partial charge on any atom is 0.146 e. The summed E-state index contributed by atoms with van der Waals surface area (Å²) >= 11 is 0. The third-order valence-electron chi connectivity index (χ3n) is 5.82. The molecule has 0 aliphatic carbocycles. The van der Waals surface area contributed by atoms with E-state index in [1.54, 1.807) is 7.11 Å². The van der Waals surface area contributed by atoms with Gasteiger partial charge in [0.25, 0.3) is 0 Å². The Hall–Kier alpha value is -1.51. The fraction of sp³-hybridized carbons (Fsp3) is 0.538. The first-order valence-corrected chi connectivity index (χ1v) is 16.8.